The Kier molecular flexibility index (Phi) is 6.11. The van der Waals surface area contributed by atoms with Gasteiger partial charge < -0.3 is 4.74 Å². The first kappa shape index (κ1) is 20.7. The number of alkyl halides is 3. The molecule has 0 spiro atoms. The fourth-order valence-electron chi connectivity index (χ4n) is 2.54. The van der Waals surface area contributed by atoms with Crippen molar-refractivity contribution in [3.63, 3.8) is 0 Å². The van der Waals surface area contributed by atoms with Gasteiger partial charge in [-0.3, -0.25) is 0 Å². The van der Waals surface area contributed by atoms with Crippen LogP contribution in [0.2, 0.25) is 0 Å². The number of ether oxygens (including phenoxy) is 1. The lowest BCUT2D eigenvalue weighted by Gasteiger charge is -2.08. The van der Waals surface area contributed by atoms with Crippen LogP contribution in [0.4, 0.5) is 13.2 Å². The van der Waals surface area contributed by atoms with E-state index in [-0.39, 0.29) is 23.8 Å². The van der Waals surface area contributed by atoms with E-state index in [0.717, 1.165) is 22.9 Å². The maximum Gasteiger partial charge on any atom is 0.416 e. The molecule has 4 nitrogen and oxygen atoms in total. The van der Waals surface area contributed by atoms with Crippen LogP contribution in [0.5, 0.6) is 5.75 Å². The number of halogens is 3. The lowest BCUT2D eigenvalue weighted by molar-refractivity contribution is -0.137. The molecule has 0 heterocycles. The second-order valence-electron chi connectivity index (χ2n) is 6.00. The summed E-state index contributed by atoms with van der Waals surface area (Å²) >= 11 is 0. The molecule has 3 rings (SSSR count). The minimum absolute atomic E-state index is 0.0332. The van der Waals surface area contributed by atoms with Crippen LogP contribution in [0.25, 0.3) is 10.8 Å². The Hall–Kier alpha value is -3.02. The minimum atomic E-state index is -4.45. The van der Waals surface area contributed by atoms with Crippen LogP contribution in [-0.2, 0) is 16.2 Å². The third-order valence-electron chi connectivity index (χ3n) is 3.98. The first-order valence-corrected chi connectivity index (χ1v) is 9.98. The predicted molar refractivity (Wildman–Crippen MR) is 104 cm³/mol. The zero-order chi connectivity index (χ0) is 20.9. The maximum absolute atomic E-state index is 12.6. The number of hydrogen-bond donors (Lipinski definition) is 1. The van der Waals surface area contributed by atoms with Gasteiger partial charge in [-0.2, -0.15) is 17.9 Å². The summed E-state index contributed by atoms with van der Waals surface area (Å²) in [6, 6.07) is 16.6. The summed E-state index contributed by atoms with van der Waals surface area (Å²) < 4.78 is 70.1. The second-order valence-corrected chi connectivity index (χ2v) is 7.77. The average molecular weight is 419 g/mol. The van der Waals surface area contributed by atoms with Crippen LogP contribution in [0.15, 0.2) is 71.6 Å². The van der Waals surface area contributed by atoms with Gasteiger partial charge in [0.2, 0.25) is 10.0 Å². The van der Waals surface area contributed by atoms with Crippen molar-refractivity contribution in [2.75, 3.05) is 13.2 Å². The highest BCUT2D eigenvalue weighted by Crippen LogP contribution is 2.31. The lowest BCUT2D eigenvalue weighted by atomic mass is 10.1. The quantitative estimate of drug-likeness (QED) is 0.630. The van der Waals surface area contributed by atoms with Gasteiger partial charge in [0, 0.05) is 0 Å². The van der Waals surface area contributed by atoms with E-state index in [4.69, 9.17) is 4.74 Å². The van der Waals surface area contributed by atoms with Gasteiger partial charge in [0.15, 0.2) is 0 Å². The van der Waals surface area contributed by atoms with Crippen LogP contribution < -0.4 is 9.46 Å². The maximum atomic E-state index is 12.6. The van der Waals surface area contributed by atoms with Gasteiger partial charge in [-0.25, -0.2) is 8.42 Å². The number of sulfonamides is 1. The fraction of sp³-hybridized carbons (Fsp3) is 0.143. The van der Waals surface area contributed by atoms with Crippen molar-refractivity contribution in [3.8, 4) is 17.6 Å². The summed E-state index contributed by atoms with van der Waals surface area (Å²) in [6.45, 7) is -0.319. The highest BCUT2D eigenvalue weighted by atomic mass is 32.2. The average Bonchev–Trinajstić information content (AvgIpc) is 2.70. The van der Waals surface area contributed by atoms with Gasteiger partial charge >= 0.3 is 6.18 Å². The van der Waals surface area contributed by atoms with Crippen molar-refractivity contribution in [3.05, 3.63) is 72.3 Å². The van der Waals surface area contributed by atoms with Crippen molar-refractivity contribution < 1.29 is 26.3 Å². The molecule has 3 aromatic carbocycles. The highest BCUT2D eigenvalue weighted by molar-refractivity contribution is 7.89. The minimum Gasteiger partial charge on any atom is -0.481 e. The molecule has 0 atom stereocenters. The first-order valence-electron chi connectivity index (χ1n) is 8.50. The zero-order valence-electron chi connectivity index (χ0n) is 15.0. The molecular formula is C21H16F3NO3S. The molecule has 0 amide bonds. The Morgan fingerprint density at radius 1 is 0.897 bits per heavy atom. The molecule has 0 saturated carbocycles. The predicted octanol–water partition coefficient (Wildman–Crippen LogP) is 4.22. The van der Waals surface area contributed by atoms with Gasteiger partial charge in [0.05, 0.1) is 17.0 Å². The highest BCUT2D eigenvalue weighted by Gasteiger charge is 2.30. The topological polar surface area (TPSA) is 55.4 Å². The van der Waals surface area contributed by atoms with E-state index in [1.807, 2.05) is 24.3 Å². The smallest absolute Gasteiger partial charge is 0.416 e. The molecule has 1 N–H and O–H groups in total. The van der Waals surface area contributed by atoms with E-state index < -0.39 is 21.8 Å². The van der Waals surface area contributed by atoms with E-state index in [1.54, 1.807) is 12.1 Å². The van der Waals surface area contributed by atoms with E-state index in [9.17, 15) is 21.6 Å². The lowest BCUT2D eigenvalue weighted by Crippen LogP contribution is -2.24. The largest absolute Gasteiger partial charge is 0.481 e. The molecule has 0 aliphatic rings. The van der Waals surface area contributed by atoms with Crippen LogP contribution in [0, 0.1) is 11.8 Å². The number of nitrogens with one attached hydrogen (secondary N) is 1. The van der Waals surface area contributed by atoms with Gasteiger partial charge in [0.1, 0.15) is 12.4 Å². The SMILES string of the molecule is O=S(=O)(NCC#CCOc1cccc(C(F)(F)F)c1)c1ccc2ccccc2c1. The Bertz CT molecular complexity index is 1180. The standard InChI is InChI=1S/C21H16F3NO3S/c22-21(23,24)18-8-5-9-19(15-18)28-13-4-3-12-25-29(26,27)20-11-10-16-6-1-2-7-17(16)14-20/h1-2,5-11,14-15,25H,12-13H2. The molecule has 3 aromatic rings. The molecule has 0 aromatic heterocycles. The summed E-state index contributed by atoms with van der Waals surface area (Å²) in [5.74, 6) is 5.17. The van der Waals surface area contributed by atoms with Crippen LogP contribution in [-0.4, -0.2) is 21.6 Å². The Morgan fingerprint density at radius 2 is 1.66 bits per heavy atom. The normalized spacial score (nSPS) is 11.7. The summed E-state index contributed by atoms with van der Waals surface area (Å²) in [6.07, 6.45) is -4.45. The van der Waals surface area contributed by atoms with Gasteiger partial charge in [-0.15, -0.1) is 0 Å². The van der Waals surface area contributed by atoms with Gasteiger partial charge in [0.25, 0.3) is 0 Å². The summed E-state index contributed by atoms with van der Waals surface area (Å²) in [4.78, 5) is 0.123. The van der Waals surface area contributed by atoms with Crippen molar-refractivity contribution in [1.29, 1.82) is 0 Å². The molecule has 150 valence electrons. The van der Waals surface area contributed by atoms with E-state index in [0.29, 0.717) is 0 Å². The van der Waals surface area contributed by atoms with Crippen LogP contribution in [0.3, 0.4) is 0 Å². The van der Waals surface area contributed by atoms with Crippen molar-refractivity contribution in [2.24, 2.45) is 0 Å². The zero-order valence-corrected chi connectivity index (χ0v) is 15.8. The number of benzene rings is 3. The molecule has 0 aliphatic heterocycles. The number of rotatable bonds is 5. The third-order valence-corrected chi connectivity index (χ3v) is 5.38. The van der Waals surface area contributed by atoms with E-state index in [1.165, 1.54) is 18.2 Å². The van der Waals surface area contributed by atoms with Crippen LogP contribution in [0.1, 0.15) is 5.56 Å². The molecule has 0 unspecified atom stereocenters. The molecule has 0 bridgehead atoms. The summed E-state index contributed by atoms with van der Waals surface area (Å²) in [5, 5.41) is 1.73. The summed E-state index contributed by atoms with van der Waals surface area (Å²) in [7, 11) is -3.73. The van der Waals surface area contributed by atoms with Crippen molar-refractivity contribution in [1.82, 2.24) is 4.72 Å². The Labute approximate surface area is 166 Å². The number of fused-ring (bicyclic) bond motifs is 1. The van der Waals surface area contributed by atoms with Crippen molar-refractivity contribution in [2.45, 2.75) is 11.1 Å². The Morgan fingerprint density at radius 3 is 2.41 bits per heavy atom. The molecule has 0 radical (unpaired) electrons. The summed E-state index contributed by atoms with van der Waals surface area (Å²) in [5.41, 5.74) is -0.814. The third kappa shape index (κ3) is 5.50. The second kappa shape index (κ2) is 8.55. The monoisotopic (exact) mass is 419 g/mol. The Balaban J connectivity index is 1.55. The van der Waals surface area contributed by atoms with Gasteiger partial charge in [-0.05, 0) is 41.1 Å². The fourth-order valence-corrected chi connectivity index (χ4v) is 3.50. The molecule has 0 fully saturated rings. The molecule has 8 heteroatoms. The molecule has 0 saturated heterocycles. The molecular weight excluding hydrogens is 403 g/mol. The molecule has 0 aliphatic carbocycles. The van der Waals surface area contributed by atoms with Gasteiger partial charge in [-0.1, -0.05) is 48.2 Å². The van der Waals surface area contributed by atoms with Crippen LogP contribution >= 0.6 is 0 Å². The molecule has 29 heavy (non-hydrogen) atoms. The van der Waals surface area contributed by atoms with E-state index >= 15 is 0 Å². The first-order chi connectivity index (χ1) is 13.8. The van der Waals surface area contributed by atoms with E-state index in [2.05, 4.69) is 16.6 Å². The van der Waals surface area contributed by atoms with Crippen molar-refractivity contribution >= 4 is 20.8 Å². The number of hydrogen-bond acceptors (Lipinski definition) is 3.